The maximum absolute atomic E-state index is 11.1. The number of aromatic nitrogens is 2. The van der Waals surface area contributed by atoms with Gasteiger partial charge in [0.05, 0.1) is 5.69 Å². The second-order valence-corrected chi connectivity index (χ2v) is 3.94. The monoisotopic (exact) mass is 247 g/mol. The second-order valence-electron chi connectivity index (χ2n) is 3.53. The quantitative estimate of drug-likeness (QED) is 0.885. The summed E-state index contributed by atoms with van der Waals surface area (Å²) in [5, 5.41) is 0.570. The largest absolute Gasteiger partial charge is 0.364 e. The molecule has 4 nitrogen and oxygen atoms in total. The molecule has 0 aliphatic carbocycles. The first-order chi connectivity index (χ1) is 8.08. The molecule has 2 rings (SSSR count). The molecule has 1 heterocycles. The van der Waals surface area contributed by atoms with Crippen molar-refractivity contribution in [2.45, 2.75) is 6.92 Å². The zero-order valence-electron chi connectivity index (χ0n) is 9.14. The third-order valence-corrected chi connectivity index (χ3v) is 2.57. The van der Waals surface area contributed by atoms with Crippen molar-refractivity contribution in [1.82, 2.24) is 9.97 Å². The maximum Gasteiger partial charge on any atom is 0.267 e. The van der Waals surface area contributed by atoms with Gasteiger partial charge in [-0.05, 0) is 19.1 Å². The van der Waals surface area contributed by atoms with Gasteiger partial charge in [-0.1, -0.05) is 29.8 Å². The van der Waals surface area contributed by atoms with E-state index in [2.05, 4.69) is 9.97 Å². The summed E-state index contributed by atoms with van der Waals surface area (Å²) in [6.45, 7) is 1.70. The van der Waals surface area contributed by atoms with Gasteiger partial charge in [0, 0.05) is 10.6 Å². The van der Waals surface area contributed by atoms with Gasteiger partial charge in [0.1, 0.15) is 11.5 Å². The van der Waals surface area contributed by atoms with Crippen LogP contribution in [-0.2, 0) is 0 Å². The van der Waals surface area contributed by atoms with E-state index in [0.717, 1.165) is 5.56 Å². The molecule has 86 valence electrons. The number of halogens is 1. The number of nitrogens with two attached hydrogens (primary N) is 1. The lowest BCUT2D eigenvalue weighted by molar-refractivity contribution is 0.0995. The van der Waals surface area contributed by atoms with Crippen LogP contribution in [0, 0.1) is 6.92 Å². The van der Waals surface area contributed by atoms with Crippen LogP contribution < -0.4 is 5.73 Å². The standard InChI is InChI=1S/C12H10ClN3O/c1-7-15-10(6-11(16-7)12(14)17)8-4-2-3-5-9(8)13/h2-6H,1H3,(H2,14,17). The molecule has 0 aliphatic heterocycles. The van der Waals surface area contributed by atoms with E-state index in [1.807, 2.05) is 18.2 Å². The molecule has 0 bridgehead atoms. The summed E-state index contributed by atoms with van der Waals surface area (Å²) in [5.74, 6) is -0.0972. The first kappa shape index (κ1) is 11.5. The molecule has 0 fully saturated rings. The number of nitrogens with zero attached hydrogens (tertiary/aromatic N) is 2. The number of aryl methyl sites for hydroxylation is 1. The second kappa shape index (κ2) is 4.51. The van der Waals surface area contributed by atoms with Gasteiger partial charge in [-0.2, -0.15) is 0 Å². The predicted octanol–water partition coefficient (Wildman–Crippen LogP) is 2.20. The lowest BCUT2D eigenvalue weighted by Crippen LogP contribution is -2.14. The van der Waals surface area contributed by atoms with E-state index in [1.54, 1.807) is 13.0 Å². The average Bonchev–Trinajstić information content (AvgIpc) is 2.28. The summed E-state index contributed by atoms with van der Waals surface area (Å²) in [5.41, 5.74) is 6.74. The van der Waals surface area contributed by atoms with Crippen LogP contribution in [0.15, 0.2) is 30.3 Å². The van der Waals surface area contributed by atoms with Crippen LogP contribution in [-0.4, -0.2) is 15.9 Å². The third kappa shape index (κ3) is 2.42. The van der Waals surface area contributed by atoms with Gasteiger partial charge in [-0.3, -0.25) is 4.79 Å². The van der Waals surface area contributed by atoms with Crippen LogP contribution in [0.2, 0.25) is 5.02 Å². The normalized spacial score (nSPS) is 10.2. The number of amides is 1. The Balaban J connectivity index is 2.60. The molecule has 2 aromatic rings. The van der Waals surface area contributed by atoms with Crippen molar-refractivity contribution in [3.8, 4) is 11.3 Å². The van der Waals surface area contributed by atoms with E-state index >= 15 is 0 Å². The van der Waals surface area contributed by atoms with E-state index < -0.39 is 5.91 Å². The summed E-state index contributed by atoms with van der Waals surface area (Å²) in [7, 11) is 0. The number of rotatable bonds is 2. The van der Waals surface area contributed by atoms with E-state index in [1.165, 1.54) is 6.07 Å². The number of primary amides is 1. The fourth-order valence-electron chi connectivity index (χ4n) is 1.50. The molecule has 0 saturated heterocycles. The summed E-state index contributed by atoms with van der Waals surface area (Å²) < 4.78 is 0. The van der Waals surface area contributed by atoms with Gasteiger partial charge < -0.3 is 5.73 Å². The van der Waals surface area contributed by atoms with Crippen LogP contribution in [0.25, 0.3) is 11.3 Å². The molecule has 1 aromatic carbocycles. The van der Waals surface area contributed by atoms with Gasteiger partial charge in [-0.25, -0.2) is 9.97 Å². The Hall–Kier alpha value is -1.94. The molecule has 17 heavy (non-hydrogen) atoms. The van der Waals surface area contributed by atoms with E-state index in [4.69, 9.17) is 17.3 Å². The Morgan fingerprint density at radius 1 is 1.29 bits per heavy atom. The summed E-state index contributed by atoms with van der Waals surface area (Å²) >= 11 is 6.07. The van der Waals surface area contributed by atoms with Crippen molar-refractivity contribution >= 4 is 17.5 Å². The zero-order chi connectivity index (χ0) is 12.4. The summed E-state index contributed by atoms with van der Waals surface area (Å²) in [4.78, 5) is 19.3. The highest BCUT2D eigenvalue weighted by molar-refractivity contribution is 6.33. The molecule has 0 atom stereocenters. The number of hydrogen-bond acceptors (Lipinski definition) is 3. The Morgan fingerprint density at radius 3 is 2.65 bits per heavy atom. The topological polar surface area (TPSA) is 68.9 Å². The lowest BCUT2D eigenvalue weighted by Gasteiger charge is -2.05. The van der Waals surface area contributed by atoms with Gasteiger partial charge in [0.2, 0.25) is 0 Å². The zero-order valence-corrected chi connectivity index (χ0v) is 9.90. The van der Waals surface area contributed by atoms with Crippen LogP contribution in [0.5, 0.6) is 0 Å². The third-order valence-electron chi connectivity index (χ3n) is 2.24. The fraction of sp³-hybridized carbons (Fsp3) is 0.0833. The van der Waals surface area contributed by atoms with E-state index in [9.17, 15) is 4.79 Å². The van der Waals surface area contributed by atoms with Gasteiger partial charge in [0.25, 0.3) is 5.91 Å². The molecule has 1 amide bonds. The number of carbonyl (C=O) groups excluding carboxylic acids is 1. The van der Waals surface area contributed by atoms with Crippen molar-refractivity contribution in [2.24, 2.45) is 5.73 Å². The molecular formula is C12H10ClN3O. The lowest BCUT2D eigenvalue weighted by atomic mass is 10.1. The smallest absolute Gasteiger partial charge is 0.267 e. The summed E-state index contributed by atoms with van der Waals surface area (Å²) in [6, 6.07) is 8.81. The van der Waals surface area contributed by atoms with Crippen LogP contribution >= 0.6 is 11.6 Å². The Kier molecular flexibility index (Phi) is 3.06. The molecule has 0 radical (unpaired) electrons. The molecule has 2 N–H and O–H groups in total. The van der Waals surface area contributed by atoms with Crippen molar-refractivity contribution in [2.75, 3.05) is 0 Å². The van der Waals surface area contributed by atoms with E-state index in [0.29, 0.717) is 16.5 Å². The van der Waals surface area contributed by atoms with Crippen LogP contribution in [0.3, 0.4) is 0 Å². The molecule has 0 aliphatic rings. The van der Waals surface area contributed by atoms with Crippen molar-refractivity contribution < 1.29 is 4.79 Å². The Bertz CT molecular complexity index is 584. The van der Waals surface area contributed by atoms with E-state index in [-0.39, 0.29) is 5.69 Å². The molecule has 0 spiro atoms. The minimum absolute atomic E-state index is 0.187. The van der Waals surface area contributed by atoms with Crippen LogP contribution in [0.1, 0.15) is 16.3 Å². The highest BCUT2D eigenvalue weighted by atomic mass is 35.5. The molecule has 1 aromatic heterocycles. The highest BCUT2D eigenvalue weighted by Gasteiger charge is 2.10. The van der Waals surface area contributed by atoms with Crippen molar-refractivity contribution in [3.63, 3.8) is 0 Å². The minimum Gasteiger partial charge on any atom is -0.364 e. The average molecular weight is 248 g/mol. The molecule has 0 saturated carbocycles. The SMILES string of the molecule is Cc1nc(C(N)=O)cc(-c2ccccc2Cl)n1. The first-order valence-electron chi connectivity index (χ1n) is 4.98. The fourth-order valence-corrected chi connectivity index (χ4v) is 1.73. The molecular weight excluding hydrogens is 238 g/mol. The number of benzene rings is 1. The predicted molar refractivity (Wildman–Crippen MR) is 65.7 cm³/mol. The summed E-state index contributed by atoms with van der Waals surface area (Å²) in [6.07, 6.45) is 0. The number of hydrogen-bond donors (Lipinski definition) is 1. The van der Waals surface area contributed by atoms with Crippen molar-refractivity contribution in [1.29, 1.82) is 0 Å². The number of carbonyl (C=O) groups is 1. The minimum atomic E-state index is -0.580. The Morgan fingerprint density at radius 2 is 2.00 bits per heavy atom. The van der Waals surface area contributed by atoms with Gasteiger partial charge in [0.15, 0.2) is 0 Å². The maximum atomic E-state index is 11.1. The Labute approximate surface area is 103 Å². The highest BCUT2D eigenvalue weighted by Crippen LogP contribution is 2.26. The van der Waals surface area contributed by atoms with Crippen molar-refractivity contribution in [3.05, 3.63) is 46.9 Å². The van der Waals surface area contributed by atoms with Crippen LogP contribution in [0.4, 0.5) is 0 Å². The van der Waals surface area contributed by atoms with Gasteiger partial charge >= 0.3 is 0 Å². The first-order valence-corrected chi connectivity index (χ1v) is 5.36. The van der Waals surface area contributed by atoms with Gasteiger partial charge in [-0.15, -0.1) is 0 Å². The molecule has 0 unspecified atom stereocenters. The molecule has 5 heteroatoms.